The first-order valence-corrected chi connectivity index (χ1v) is 29.9. The van der Waals surface area contributed by atoms with Crippen molar-refractivity contribution in [1.29, 1.82) is 0 Å². The molecule has 85 heavy (non-hydrogen) atoms. The molecule has 0 aliphatic carbocycles. The first-order chi connectivity index (χ1) is 39.8. The summed E-state index contributed by atoms with van der Waals surface area (Å²) >= 11 is 18.2. The fourth-order valence-electron chi connectivity index (χ4n) is 8.59. The number of nitrogens with two attached hydrogens (primary N) is 3. The van der Waals surface area contributed by atoms with Crippen molar-refractivity contribution < 1.29 is 59.9 Å². The second kappa shape index (κ2) is 27.8. The summed E-state index contributed by atoms with van der Waals surface area (Å²) in [7, 11) is -7.85. The molecule has 20 nitrogen and oxygen atoms in total. The number of aliphatic hydroxyl groups excluding tert-OH is 1. The molecule has 0 fully saturated rings. The van der Waals surface area contributed by atoms with Gasteiger partial charge in [-0.05, 0) is 141 Å². The van der Waals surface area contributed by atoms with Crippen LogP contribution in [-0.4, -0.2) is 77.8 Å². The number of aliphatic hydroxyl groups is 1. The molecule has 11 aromatic rings. The van der Waals surface area contributed by atoms with Gasteiger partial charge in [-0.1, -0.05) is 115 Å². The number of benzene rings is 8. The molecule has 26 heteroatoms. The van der Waals surface area contributed by atoms with E-state index in [1.54, 1.807) is 60.7 Å². The van der Waals surface area contributed by atoms with Crippen LogP contribution in [0, 0.1) is 0 Å². The van der Waals surface area contributed by atoms with Crippen LogP contribution in [-0.2, 0) is 50.0 Å². The number of hydrogen-bond acceptors (Lipinski definition) is 18. The standard InChI is InChI=1S/C21H18ClN3O3S.C15H11ClN2O4.C14H11ClN2O2.C8H11BO4S.CH4/c1-29(26,27)25-17-7-5-13(6-8-17)9-14-10-18(15-3-2-4-16(22)12-15)20-19(11-14)28-21(23)24-20;16-10-3-1-2-9(6-10)11-4-8(7-21-15(19)20)5-12-13(11)18-14(17)22-12;15-10-3-1-2-9(6-10)11-4-8(7-18)5-12-13(11)17-14(16)19-12;1-14(12,13)6-7-2-4-8(5-3-7)9(10)11;/h2-8,10-12,25H,9H2,1H3,(H2,23,24);1-6H,7H2,(H2,17,18)(H,19,20);1-6,18H,7H2,(H2,16,17);2-5,10-11H,6H2,1H3;1H4. The van der Waals surface area contributed by atoms with E-state index < -0.39 is 33.1 Å². The number of sulfone groups is 1. The third-order valence-electron chi connectivity index (χ3n) is 12.0. The number of ether oxygens (including phenoxy) is 1. The van der Waals surface area contributed by atoms with Gasteiger partial charge in [0, 0.05) is 43.7 Å². The first kappa shape index (κ1) is 63.9. The van der Waals surface area contributed by atoms with Crippen LogP contribution in [0.5, 0.6) is 0 Å². The Morgan fingerprint density at radius 3 is 1.35 bits per heavy atom. The molecule has 0 unspecified atom stereocenters. The highest BCUT2D eigenvalue weighted by molar-refractivity contribution is 7.92. The van der Waals surface area contributed by atoms with E-state index in [1.807, 2.05) is 84.9 Å². The minimum Gasteiger partial charge on any atom is -0.450 e. The van der Waals surface area contributed by atoms with Crippen LogP contribution in [0.3, 0.4) is 0 Å². The van der Waals surface area contributed by atoms with Gasteiger partial charge in [0.1, 0.15) is 23.2 Å². The number of carboxylic acid groups (broad SMARTS) is 1. The third-order valence-corrected chi connectivity index (χ3v) is 14.2. The van der Waals surface area contributed by atoms with Gasteiger partial charge in [0.05, 0.1) is 18.6 Å². The molecule has 0 aliphatic heterocycles. The molecule has 11 rings (SSSR count). The van der Waals surface area contributed by atoms with E-state index in [0.29, 0.717) is 77.1 Å². The van der Waals surface area contributed by atoms with Gasteiger partial charge in [0.25, 0.3) is 18.0 Å². The summed E-state index contributed by atoms with van der Waals surface area (Å²) in [6, 6.07) is 46.7. The van der Waals surface area contributed by atoms with Crippen LogP contribution < -0.4 is 27.4 Å². The first-order valence-electron chi connectivity index (χ1n) is 24.9. The summed E-state index contributed by atoms with van der Waals surface area (Å²) in [5, 5.41) is 37.3. The van der Waals surface area contributed by atoms with Gasteiger partial charge in [-0.15, -0.1) is 0 Å². The molecular weight excluding hydrogens is 1200 g/mol. The maximum Gasteiger partial charge on any atom is 0.506 e. The summed E-state index contributed by atoms with van der Waals surface area (Å²) in [5.41, 5.74) is 30.5. The molecule has 11 N–H and O–H groups in total. The predicted octanol–water partition coefficient (Wildman–Crippen LogP) is 11.4. The number of nitrogens with zero attached hydrogens (tertiary/aromatic N) is 3. The largest absolute Gasteiger partial charge is 0.506 e. The van der Waals surface area contributed by atoms with Crippen LogP contribution in [0.15, 0.2) is 171 Å². The average Bonchev–Trinajstić information content (AvgIpc) is 2.27. The smallest absolute Gasteiger partial charge is 0.450 e. The van der Waals surface area contributed by atoms with Crippen molar-refractivity contribution in [3.63, 3.8) is 0 Å². The summed E-state index contributed by atoms with van der Waals surface area (Å²) in [5.74, 6) is -0.0329. The minimum atomic E-state index is -3.30. The lowest BCUT2D eigenvalue weighted by Gasteiger charge is -2.09. The summed E-state index contributed by atoms with van der Waals surface area (Å²) in [4.78, 5) is 23.2. The second-order valence-corrected chi connectivity index (χ2v) is 24.0. The Morgan fingerprint density at radius 2 is 0.965 bits per heavy atom. The normalized spacial score (nSPS) is 11.1. The van der Waals surface area contributed by atoms with Gasteiger partial charge in [-0.3, -0.25) is 4.72 Å². The van der Waals surface area contributed by atoms with E-state index in [-0.39, 0.29) is 44.4 Å². The van der Waals surface area contributed by atoms with E-state index in [4.69, 9.17) is 80.4 Å². The van der Waals surface area contributed by atoms with Crippen LogP contribution in [0.25, 0.3) is 66.7 Å². The van der Waals surface area contributed by atoms with E-state index >= 15 is 0 Å². The van der Waals surface area contributed by atoms with E-state index in [0.717, 1.165) is 62.6 Å². The van der Waals surface area contributed by atoms with Gasteiger partial charge in [-0.25, -0.2) is 21.6 Å². The van der Waals surface area contributed by atoms with Crippen LogP contribution in [0.2, 0.25) is 15.1 Å². The highest BCUT2D eigenvalue weighted by atomic mass is 35.5. The zero-order valence-corrected chi connectivity index (χ0v) is 48.3. The van der Waals surface area contributed by atoms with Gasteiger partial charge in [0.2, 0.25) is 10.0 Å². The molecule has 0 amide bonds. The van der Waals surface area contributed by atoms with E-state index in [9.17, 15) is 26.7 Å². The molecule has 0 atom stereocenters. The fourth-order valence-corrected chi connectivity index (χ4v) is 10.5. The molecule has 0 aliphatic rings. The van der Waals surface area contributed by atoms with Crippen molar-refractivity contribution in [3.8, 4) is 33.4 Å². The number of nitrogens with one attached hydrogen (secondary N) is 1. The average molecular weight is 1250 g/mol. The Morgan fingerprint density at radius 1 is 0.565 bits per heavy atom. The summed E-state index contributed by atoms with van der Waals surface area (Å²) in [6.07, 6.45) is 1.56. The molecule has 0 bridgehead atoms. The number of anilines is 4. The summed E-state index contributed by atoms with van der Waals surface area (Å²) < 4.78 is 67.8. The maximum atomic E-state index is 11.4. The van der Waals surface area contributed by atoms with Crippen LogP contribution in [0.4, 0.5) is 28.5 Å². The van der Waals surface area contributed by atoms with Gasteiger partial charge >= 0.3 is 13.3 Å². The number of sulfonamides is 1. The number of nitrogen functional groups attached to an aromatic ring is 3. The molecule has 0 spiro atoms. The number of oxazole rings is 3. The molecule has 0 saturated carbocycles. The van der Waals surface area contributed by atoms with Gasteiger partial charge < -0.3 is 55.5 Å². The van der Waals surface area contributed by atoms with Gasteiger partial charge in [0.15, 0.2) is 26.6 Å². The Hall–Kier alpha value is -8.65. The zero-order chi connectivity index (χ0) is 60.5. The number of aromatic nitrogens is 3. The SMILES string of the molecule is C.CS(=O)(=O)Cc1ccc(B(O)O)cc1.CS(=O)(=O)Nc1ccc(Cc2cc(-c3cccc(Cl)c3)c3nc(N)oc3c2)cc1.Nc1nc2c(-c3cccc(Cl)c3)cc(CO)cc2o1.Nc1nc2c(-c3cccc(Cl)c3)cc(COC(=O)O)cc2o1. The van der Waals surface area contributed by atoms with Gasteiger partial charge in [-0.2, -0.15) is 15.0 Å². The number of carbonyl (C=O) groups is 1. The molecule has 0 saturated heterocycles. The number of fused-ring (bicyclic) bond motifs is 3. The number of hydrogen-bond donors (Lipinski definition) is 8. The molecule has 3 aromatic heterocycles. The van der Waals surface area contributed by atoms with Crippen molar-refractivity contribution in [2.45, 2.75) is 32.8 Å². The lowest BCUT2D eigenvalue weighted by molar-refractivity contribution is 0.0853. The topological polar surface area (TPSA) is 344 Å². The maximum absolute atomic E-state index is 11.4. The Kier molecular flexibility index (Phi) is 20.9. The highest BCUT2D eigenvalue weighted by Crippen LogP contribution is 2.36. The fraction of sp³-hybridized carbons (Fsp3) is 0.119. The van der Waals surface area contributed by atoms with Crippen molar-refractivity contribution in [2.75, 3.05) is 34.4 Å². The van der Waals surface area contributed by atoms with E-state index in [2.05, 4.69) is 24.4 Å². The summed E-state index contributed by atoms with van der Waals surface area (Å²) in [6.45, 7) is -0.177. The zero-order valence-electron chi connectivity index (χ0n) is 44.4. The number of rotatable bonds is 13. The highest BCUT2D eigenvalue weighted by Gasteiger charge is 2.17. The molecule has 0 radical (unpaired) electrons. The Bertz CT molecular complexity index is 4400. The van der Waals surface area contributed by atoms with Crippen molar-refractivity contribution in [1.82, 2.24) is 15.0 Å². The quantitative estimate of drug-likeness (QED) is 0.0393. The van der Waals surface area contributed by atoms with Crippen LogP contribution in [0.1, 0.15) is 35.2 Å². The molecule has 8 aromatic carbocycles. The second-order valence-electron chi connectivity index (χ2n) is 18.8. The number of halogens is 3. The lowest BCUT2D eigenvalue weighted by Crippen LogP contribution is -2.29. The van der Waals surface area contributed by atoms with Crippen LogP contribution >= 0.6 is 34.8 Å². The van der Waals surface area contributed by atoms with E-state index in [1.165, 1.54) is 12.1 Å². The minimum absolute atomic E-state index is 0. The monoisotopic (exact) mass is 1250 g/mol. The van der Waals surface area contributed by atoms with Crippen molar-refractivity contribution in [3.05, 3.63) is 201 Å². The van der Waals surface area contributed by atoms with Crippen molar-refractivity contribution >= 4 is 130 Å². The lowest BCUT2D eigenvalue weighted by atomic mass is 9.80. The molecular formula is C59H55BCl3N7O13S2. The Labute approximate surface area is 503 Å². The predicted molar refractivity (Wildman–Crippen MR) is 335 cm³/mol. The molecule has 3 heterocycles. The molecule has 440 valence electrons. The Balaban J connectivity index is 0.000000167. The third kappa shape index (κ3) is 17.9. The van der Waals surface area contributed by atoms with Crippen molar-refractivity contribution in [2.24, 2.45) is 0 Å².